The average molecular weight is 554 g/mol. The predicted molar refractivity (Wildman–Crippen MR) is 181 cm³/mol. The molecule has 0 N–H and O–H groups in total. The monoisotopic (exact) mass is 553 g/mol. The molecule has 0 fully saturated rings. The molecule has 42 heavy (non-hydrogen) atoms. The van der Waals surface area contributed by atoms with E-state index < -0.39 is 8.41 Å². The average Bonchev–Trinajstić information content (AvgIpc) is 3.58. The number of rotatable bonds is 4. The molecule has 0 bridgehead atoms. The lowest BCUT2D eigenvalue weighted by Crippen LogP contribution is -2.08. The van der Waals surface area contributed by atoms with E-state index in [1.807, 2.05) is 0 Å². The van der Waals surface area contributed by atoms with Gasteiger partial charge in [0.15, 0.2) is 0 Å². The second-order valence-electron chi connectivity index (χ2n) is 12.0. The Kier molecular flexibility index (Phi) is 5.98. The second kappa shape index (κ2) is 9.89. The van der Waals surface area contributed by atoms with Crippen LogP contribution in [0.2, 0.25) is 13.1 Å². The normalized spacial score (nSPS) is 14.8. The van der Waals surface area contributed by atoms with Crippen LogP contribution >= 0.6 is 0 Å². The number of hydrogen-bond donors (Lipinski definition) is 0. The van der Waals surface area contributed by atoms with Crippen LogP contribution in [0.5, 0.6) is 0 Å². The lowest BCUT2D eigenvalue weighted by molar-refractivity contribution is 0.826. The molecule has 0 amide bonds. The van der Waals surface area contributed by atoms with E-state index in [9.17, 15) is 0 Å². The zero-order valence-corrected chi connectivity index (χ0v) is 25.5. The van der Waals surface area contributed by atoms with Crippen LogP contribution in [0.15, 0.2) is 115 Å². The molecule has 0 heterocycles. The maximum Gasteiger partial charge on any atom is 0.0316 e. The largest absolute Gasteiger partial charge is 0.0651 e. The summed E-state index contributed by atoms with van der Waals surface area (Å²) in [6.45, 7) is 7.20. The summed E-state index contributed by atoms with van der Waals surface area (Å²) in [4.78, 5) is 1.54. The molecule has 0 spiro atoms. The topological polar surface area (TPSA) is 0 Å². The molecule has 1 radical (unpaired) electrons. The van der Waals surface area contributed by atoms with Gasteiger partial charge in [0.25, 0.3) is 0 Å². The van der Waals surface area contributed by atoms with Gasteiger partial charge in [0, 0.05) is 14.3 Å². The predicted octanol–water partition coefficient (Wildman–Crippen LogP) is 9.88. The van der Waals surface area contributed by atoms with Crippen LogP contribution in [0.25, 0.3) is 44.8 Å². The maximum atomic E-state index is 3.89. The van der Waals surface area contributed by atoms with Gasteiger partial charge in [-0.3, -0.25) is 0 Å². The van der Waals surface area contributed by atoms with Crippen molar-refractivity contribution in [3.05, 3.63) is 157 Å². The van der Waals surface area contributed by atoms with Crippen molar-refractivity contribution in [1.29, 1.82) is 0 Å². The first-order chi connectivity index (χ1) is 20.6. The van der Waals surface area contributed by atoms with Gasteiger partial charge < -0.3 is 0 Å². The molecular formula is C41H33Si. The summed E-state index contributed by atoms with van der Waals surface area (Å²) in [7, 11) is -0.707. The highest BCUT2D eigenvalue weighted by molar-refractivity contribution is 6.47. The third-order valence-corrected chi connectivity index (χ3v) is 10.8. The minimum atomic E-state index is -0.707. The van der Waals surface area contributed by atoms with Gasteiger partial charge in [0.05, 0.1) is 0 Å². The van der Waals surface area contributed by atoms with E-state index in [0.29, 0.717) is 0 Å². The summed E-state index contributed by atoms with van der Waals surface area (Å²) in [5.41, 5.74) is 9.88. The molecule has 0 saturated heterocycles. The van der Waals surface area contributed by atoms with E-state index in [0.717, 1.165) is 12.8 Å². The summed E-state index contributed by atoms with van der Waals surface area (Å²) >= 11 is 0. The van der Waals surface area contributed by atoms with Gasteiger partial charge in [-0.15, -0.1) is 0 Å². The highest BCUT2D eigenvalue weighted by atomic mass is 28.2. The zero-order valence-electron chi connectivity index (χ0n) is 24.5. The smallest absolute Gasteiger partial charge is 0.0316 e. The SMILES string of the molecule is CCCC1=Cc2c(-c3cc4ccccc4c4ccccc34)cccc2C1c1c2c(ccc1=[Si](C)C)=c1ccccc1=[C]2. The van der Waals surface area contributed by atoms with Gasteiger partial charge in [-0.1, -0.05) is 141 Å². The first-order valence-corrected chi connectivity index (χ1v) is 17.7. The molecule has 2 aliphatic rings. The molecule has 0 aliphatic heterocycles. The molecule has 201 valence electrons. The lowest BCUT2D eigenvalue weighted by atomic mass is 9.82. The quantitative estimate of drug-likeness (QED) is 0.150. The Hall–Kier alpha value is -4.33. The van der Waals surface area contributed by atoms with E-state index in [1.54, 1.807) is 10.4 Å². The molecule has 6 aromatic rings. The number of hydrogen-bond acceptors (Lipinski definition) is 0. The molecule has 2 aliphatic carbocycles. The molecule has 1 heteroatoms. The summed E-state index contributed by atoms with van der Waals surface area (Å²) in [6.07, 6.45) is 8.68. The van der Waals surface area contributed by atoms with E-state index in [-0.39, 0.29) is 5.92 Å². The van der Waals surface area contributed by atoms with Crippen molar-refractivity contribution in [3.8, 4) is 11.1 Å². The Balaban J connectivity index is 1.44. The van der Waals surface area contributed by atoms with Crippen LogP contribution in [0.1, 0.15) is 47.9 Å². The van der Waals surface area contributed by atoms with Gasteiger partial charge in [-0.05, 0) is 94.0 Å². The minimum absolute atomic E-state index is 0.262. The second-order valence-corrected chi connectivity index (χ2v) is 14.6. The minimum Gasteiger partial charge on any atom is -0.0651 e. The van der Waals surface area contributed by atoms with Crippen molar-refractivity contribution in [1.82, 2.24) is 0 Å². The summed E-state index contributed by atoms with van der Waals surface area (Å²) < 4.78 is 0. The third-order valence-electron chi connectivity index (χ3n) is 9.30. The fourth-order valence-corrected chi connectivity index (χ4v) is 8.72. The first-order valence-electron chi connectivity index (χ1n) is 15.2. The molecule has 0 saturated carbocycles. The molecule has 8 rings (SSSR count). The van der Waals surface area contributed by atoms with E-state index in [4.69, 9.17) is 0 Å². The summed E-state index contributed by atoms with van der Waals surface area (Å²) in [5, 5.41) is 9.15. The fraction of sp³-hybridized carbons (Fsp3) is 0.146. The van der Waals surface area contributed by atoms with Crippen molar-refractivity contribution in [2.45, 2.75) is 38.8 Å². The Morgan fingerprint density at radius 3 is 2.29 bits per heavy atom. The number of fused-ring (bicyclic) bond motifs is 6. The van der Waals surface area contributed by atoms with Crippen molar-refractivity contribution in [2.24, 2.45) is 0 Å². The van der Waals surface area contributed by atoms with Gasteiger partial charge in [0.2, 0.25) is 0 Å². The molecule has 0 aromatic heterocycles. The van der Waals surface area contributed by atoms with Crippen LogP contribution in [0.4, 0.5) is 0 Å². The molecule has 0 nitrogen and oxygen atoms in total. The van der Waals surface area contributed by atoms with Gasteiger partial charge >= 0.3 is 0 Å². The lowest BCUT2D eigenvalue weighted by Gasteiger charge is -2.22. The first kappa shape index (κ1) is 25.4. The highest BCUT2D eigenvalue weighted by Gasteiger charge is 2.31. The van der Waals surface area contributed by atoms with Gasteiger partial charge in [-0.2, -0.15) is 0 Å². The maximum absolute atomic E-state index is 3.89. The van der Waals surface area contributed by atoms with Crippen LogP contribution in [0.3, 0.4) is 0 Å². The number of benzene rings is 6. The Bertz CT molecular complexity index is 2330. The van der Waals surface area contributed by atoms with Crippen LogP contribution < -0.4 is 5.22 Å². The van der Waals surface area contributed by atoms with E-state index >= 15 is 0 Å². The molecule has 1 atom stereocenters. The number of allylic oxidation sites excluding steroid dienone is 1. The summed E-state index contributed by atoms with van der Waals surface area (Å²) in [6, 6.07) is 40.8. The van der Waals surface area contributed by atoms with Crippen molar-refractivity contribution >= 4 is 42.1 Å². The highest BCUT2D eigenvalue weighted by Crippen LogP contribution is 2.49. The van der Waals surface area contributed by atoms with Gasteiger partial charge in [-0.25, -0.2) is 0 Å². The standard InChI is InChI=1S/C41H33Si/c1-4-12-28-25-37-33(36-23-26-13-5-7-15-29(26)31-17-9-10-18-32(31)36)19-11-20-35(37)40(28)41-38-24-27-14-6-8-16-30(27)34(38)21-22-39(41)42(2)3/h5-11,13-23,25,40H,4,12H2,1-3H3. The Morgan fingerprint density at radius 1 is 0.690 bits per heavy atom. The van der Waals surface area contributed by atoms with E-state index in [2.05, 4.69) is 141 Å². The molecular weight excluding hydrogens is 521 g/mol. The Labute approximate surface area is 248 Å². The zero-order chi connectivity index (χ0) is 28.4. The fourth-order valence-electron chi connectivity index (χ4n) is 7.50. The summed E-state index contributed by atoms with van der Waals surface area (Å²) in [5.74, 6) is 0.262. The van der Waals surface area contributed by atoms with Crippen molar-refractivity contribution < 1.29 is 0 Å². The third kappa shape index (κ3) is 3.77. The van der Waals surface area contributed by atoms with Gasteiger partial charge in [0.1, 0.15) is 0 Å². The van der Waals surface area contributed by atoms with Crippen molar-refractivity contribution in [2.75, 3.05) is 0 Å². The van der Waals surface area contributed by atoms with E-state index in [1.165, 1.54) is 70.6 Å². The Morgan fingerprint density at radius 2 is 1.45 bits per heavy atom. The molecule has 6 aromatic carbocycles. The van der Waals surface area contributed by atoms with Crippen LogP contribution in [-0.2, 0) is 0 Å². The molecule has 1 unspecified atom stereocenters. The van der Waals surface area contributed by atoms with Crippen molar-refractivity contribution in [3.63, 3.8) is 0 Å². The van der Waals surface area contributed by atoms with Crippen LogP contribution in [0, 0.1) is 15.3 Å². The van der Waals surface area contributed by atoms with Crippen LogP contribution in [-0.4, -0.2) is 8.41 Å².